The van der Waals surface area contributed by atoms with Crippen LogP contribution in [-0.4, -0.2) is 32.6 Å². The molecule has 3 heterocycles. The molecule has 0 aromatic carbocycles. The molecule has 3 rings (SSSR count). The van der Waals surface area contributed by atoms with Crippen LogP contribution in [0.2, 0.25) is 0 Å². The van der Waals surface area contributed by atoms with E-state index in [1.54, 1.807) is 0 Å². The highest BCUT2D eigenvalue weighted by atomic mass is 16.5. The first-order chi connectivity index (χ1) is 8.72. The molecular weight excluding hydrogens is 236 g/mol. The summed E-state index contributed by atoms with van der Waals surface area (Å²) in [7, 11) is 0. The molecule has 18 heavy (non-hydrogen) atoms. The summed E-state index contributed by atoms with van der Waals surface area (Å²) >= 11 is 0. The molecule has 2 aromatic heterocycles. The van der Waals surface area contributed by atoms with Crippen molar-refractivity contribution in [3.8, 4) is 0 Å². The number of rotatable bonds is 2. The highest BCUT2D eigenvalue weighted by Gasteiger charge is 2.17. The minimum atomic E-state index is -0.542. The van der Waals surface area contributed by atoms with E-state index in [0.29, 0.717) is 23.4 Å². The summed E-state index contributed by atoms with van der Waals surface area (Å²) in [5, 5.41) is 0. The zero-order valence-corrected chi connectivity index (χ0v) is 9.78. The van der Waals surface area contributed by atoms with Crippen LogP contribution in [0.25, 0.3) is 11.2 Å². The number of fused-ring (bicyclic) bond motifs is 1. The molecule has 0 amide bonds. The van der Waals surface area contributed by atoms with Gasteiger partial charge in [-0.1, -0.05) is 0 Å². The summed E-state index contributed by atoms with van der Waals surface area (Å²) in [6.07, 6.45) is 4.04. The lowest BCUT2D eigenvalue weighted by molar-refractivity contribution is 0.0158. The van der Waals surface area contributed by atoms with E-state index in [1.165, 1.54) is 0 Å². The second kappa shape index (κ2) is 4.41. The first kappa shape index (κ1) is 11.2. The minimum absolute atomic E-state index is 0.144. The average molecular weight is 250 g/mol. The molecule has 0 aliphatic carbocycles. The van der Waals surface area contributed by atoms with E-state index >= 15 is 0 Å². The van der Waals surface area contributed by atoms with Gasteiger partial charge in [-0.3, -0.25) is 14.8 Å². The number of nitrogens with zero attached hydrogens (tertiary/aromatic N) is 1. The number of hydrogen-bond acceptors (Lipinski definition) is 4. The lowest BCUT2D eigenvalue weighted by Crippen LogP contribution is -2.22. The number of nitrogens with one attached hydrogen (secondary N) is 3. The molecule has 7 heteroatoms. The first-order valence-electron chi connectivity index (χ1n) is 6.05. The number of aromatic nitrogens is 4. The topological polar surface area (TPSA) is 104 Å². The predicted octanol–water partition coefficient (Wildman–Crippen LogP) is 0.0511. The minimum Gasteiger partial charge on any atom is -0.378 e. The van der Waals surface area contributed by atoms with Crippen LogP contribution in [0.5, 0.6) is 0 Å². The van der Waals surface area contributed by atoms with Gasteiger partial charge in [-0.2, -0.15) is 0 Å². The quantitative estimate of drug-likeness (QED) is 0.700. The van der Waals surface area contributed by atoms with Crippen LogP contribution < -0.4 is 11.2 Å². The Balaban J connectivity index is 1.91. The van der Waals surface area contributed by atoms with E-state index in [1.807, 2.05) is 0 Å². The van der Waals surface area contributed by atoms with Crippen LogP contribution in [0.15, 0.2) is 9.59 Å². The van der Waals surface area contributed by atoms with Crippen LogP contribution >= 0.6 is 0 Å². The van der Waals surface area contributed by atoms with Crippen molar-refractivity contribution in [2.75, 3.05) is 6.61 Å². The second-order valence-corrected chi connectivity index (χ2v) is 4.51. The van der Waals surface area contributed by atoms with Crippen molar-refractivity contribution < 1.29 is 4.74 Å². The summed E-state index contributed by atoms with van der Waals surface area (Å²) in [6, 6.07) is 0. The third-order valence-corrected chi connectivity index (χ3v) is 3.13. The van der Waals surface area contributed by atoms with Crippen LogP contribution in [0.4, 0.5) is 0 Å². The molecule has 1 atom stereocenters. The first-order valence-corrected chi connectivity index (χ1v) is 6.05. The van der Waals surface area contributed by atoms with Crippen LogP contribution in [-0.2, 0) is 11.2 Å². The van der Waals surface area contributed by atoms with Gasteiger partial charge in [-0.05, 0) is 19.3 Å². The predicted molar refractivity (Wildman–Crippen MR) is 64.6 cm³/mol. The second-order valence-electron chi connectivity index (χ2n) is 4.51. The Labute approximate surface area is 102 Å². The van der Waals surface area contributed by atoms with Crippen molar-refractivity contribution in [2.24, 2.45) is 0 Å². The standard InChI is InChI=1S/C11H14N4O3/c16-10-8-9(14-11(17)15-10)13-7(12-8)5-6-3-1-2-4-18-6/h6H,1-5H2,(H3,12,13,14,15,16,17). The van der Waals surface area contributed by atoms with Gasteiger partial charge in [0.05, 0.1) is 6.10 Å². The molecule has 3 N–H and O–H groups in total. The Hall–Kier alpha value is -1.89. The lowest BCUT2D eigenvalue weighted by Gasteiger charge is -2.21. The number of hydrogen-bond donors (Lipinski definition) is 3. The van der Waals surface area contributed by atoms with Gasteiger partial charge in [0.1, 0.15) is 11.3 Å². The van der Waals surface area contributed by atoms with Gasteiger partial charge in [0, 0.05) is 13.0 Å². The summed E-state index contributed by atoms with van der Waals surface area (Å²) in [5.41, 5.74) is -0.383. The Morgan fingerprint density at radius 2 is 2.11 bits per heavy atom. The molecule has 7 nitrogen and oxygen atoms in total. The SMILES string of the molecule is O=c1[nH]c(=O)c2[nH]c(CC3CCCCO3)nc2[nH]1. The number of imidazole rings is 1. The number of H-pyrrole nitrogens is 3. The molecule has 1 aliphatic heterocycles. The van der Waals surface area contributed by atoms with Gasteiger partial charge >= 0.3 is 5.69 Å². The third-order valence-electron chi connectivity index (χ3n) is 3.13. The maximum absolute atomic E-state index is 11.5. The Morgan fingerprint density at radius 1 is 1.22 bits per heavy atom. The monoisotopic (exact) mass is 250 g/mol. The molecular formula is C11H14N4O3. The Morgan fingerprint density at radius 3 is 2.89 bits per heavy atom. The molecule has 2 aromatic rings. The maximum atomic E-state index is 11.5. The van der Waals surface area contributed by atoms with Crippen LogP contribution in [0.3, 0.4) is 0 Å². The van der Waals surface area contributed by atoms with E-state index in [2.05, 4.69) is 19.9 Å². The molecule has 1 aliphatic rings. The molecule has 1 saturated heterocycles. The molecule has 0 radical (unpaired) electrons. The fraction of sp³-hybridized carbons (Fsp3) is 0.545. The lowest BCUT2D eigenvalue weighted by atomic mass is 10.1. The van der Waals surface area contributed by atoms with Crippen molar-refractivity contribution in [1.82, 2.24) is 19.9 Å². The molecule has 0 bridgehead atoms. The van der Waals surface area contributed by atoms with E-state index in [4.69, 9.17) is 4.74 Å². The highest BCUT2D eigenvalue weighted by Crippen LogP contribution is 2.16. The molecule has 0 spiro atoms. The zero-order chi connectivity index (χ0) is 12.5. The Bertz CT molecular complexity index is 663. The fourth-order valence-electron chi connectivity index (χ4n) is 2.26. The van der Waals surface area contributed by atoms with Crippen LogP contribution in [0, 0.1) is 0 Å². The van der Waals surface area contributed by atoms with E-state index in [0.717, 1.165) is 25.9 Å². The molecule has 1 fully saturated rings. The number of aromatic amines is 3. The summed E-state index contributed by atoms with van der Waals surface area (Å²) in [4.78, 5) is 34.4. The summed E-state index contributed by atoms with van der Waals surface area (Å²) in [5.74, 6) is 0.671. The van der Waals surface area contributed by atoms with Gasteiger partial charge in [-0.25, -0.2) is 9.78 Å². The summed E-state index contributed by atoms with van der Waals surface area (Å²) in [6.45, 7) is 0.780. The zero-order valence-electron chi connectivity index (χ0n) is 9.78. The van der Waals surface area contributed by atoms with Gasteiger partial charge in [0.25, 0.3) is 5.56 Å². The smallest absolute Gasteiger partial charge is 0.327 e. The Kier molecular flexibility index (Phi) is 2.75. The van der Waals surface area contributed by atoms with Crippen molar-refractivity contribution in [3.63, 3.8) is 0 Å². The van der Waals surface area contributed by atoms with Crippen molar-refractivity contribution in [2.45, 2.75) is 31.8 Å². The number of ether oxygens (including phenoxy) is 1. The molecule has 0 saturated carbocycles. The fourth-order valence-corrected chi connectivity index (χ4v) is 2.26. The van der Waals surface area contributed by atoms with Crippen molar-refractivity contribution in [1.29, 1.82) is 0 Å². The third kappa shape index (κ3) is 2.08. The van der Waals surface area contributed by atoms with E-state index in [-0.39, 0.29) is 6.10 Å². The molecule has 1 unspecified atom stereocenters. The summed E-state index contributed by atoms with van der Waals surface area (Å²) < 4.78 is 5.61. The van der Waals surface area contributed by atoms with E-state index < -0.39 is 11.2 Å². The van der Waals surface area contributed by atoms with Gasteiger partial charge in [-0.15, -0.1) is 0 Å². The average Bonchev–Trinajstić information content (AvgIpc) is 2.73. The highest BCUT2D eigenvalue weighted by molar-refractivity contribution is 5.68. The van der Waals surface area contributed by atoms with Crippen LogP contribution in [0.1, 0.15) is 25.1 Å². The normalized spacial score (nSPS) is 20.3. The van der Waals surface area contributed by atoms with Crippen molar-refractivity contribution in [3.05, 3.63) is 26.7 Å². The van der Waals surface area contributed by atoms with Gasteiger partial charge in [0.15, 0.2) is 5.65 Å². The maximum Gasteiger partial charge on any atom is 0.327 e. The largest absolute Gasteiger partial charge is 0.378 e. The molecule has 96 valence electrons. The van der Waals surface area contributed by atoms with Gasteiger partial charge in [0.2, 0.25) is 0 Å². The van der Waals surface area contributed by atoms with Gasteiger partial charge < -0.3 is 9.72 Å². The van der Waals surface area contributed by atoms with Crippen molar-refractivity contribution >= 4 is 11.2 Å². The van der Waals surface area contributed by atoms with E-state index in [9.17, 15) is 9.59 Å².